The fraction of sp³-hybridized carbons (Fsp3) is 0.348. The van der Waals surface area contributed by atoms with Gasteiger partial charge in [0.05, 0.1) is 17.2 Å². The van der Waals surface area contributed by atoms with Gasteiger partial charge in [-0.2, -0.15) is 9.40 Å². The van der Waals surface area contributed by atoms with E-state index in [-0.39, 0.29) is 11.7 Å². The maximum Gasteiger partial charge on any atom is 0.243 e. The van der Waals surface area contributed by atoms with E-state index in [0.29, 0.717) is 36.8 Å². The topological polar surface area (TPSA) is 75.3 Å². The van der Waals surface area contributed by atoms with Crippen molar-refractivity contribution in [3.8, 4) is 5.75 Å². The highest BCUT2D eigenvalue weighted by atomic mass is 32.2. The number of aromatic amines is 1. The van der Waals surface area contributed by atoms with E-state index in [1.54, 1.807) is 28.6 Å². The van der Waals surface area contributed by atoms with Gasteiger partial charge in [-0.15, -0.1) is 0 Å². The smallest absolute Gasteiger partial charge is 0.243 e. The number of benzene rings is 2. The fourth-order valence-electron chi connectivity index (χ4n) is 3.74. The highest BCUT2D eigenvalue weighted by molar-refractivity contribution is 7.89. The zero-order chi connectivity index (χ0) is 22.0. The van der Waals surface area contributed by atoms with Crippen LogP contribution in [0.25, 0.3) is 0 Å². The van der Waals surface area contributed by atoms with Crippen LogP contribution >= 0.6 is 0 Å². The van der Waals surface area contributed by atoms with E-state index in [9.17, 15) is 12.8 Å². The summed E-state index contributed by atoms with van der Waals surface area (Å²) >= 11 is 0. The molecule has 31 heavy (non-hydrogen) atoms. The summed E-state index contributed by atoms with van der Waals surface area (Å²) in [4.78, 5) is 0.344. The number of ether oxygens (including phenoxy) is 1. The molecule has 1 atom stereocenters. The molecule has 1 aliphatic rings. The molecule has 4 rings (SSSR count). The third-order valence-corrected chi connectivity index (χ3v) is 7.65. The van der Waals surface area contributed by atoms with Crippen LogP contribution in [0.2, 0.25) is 0 Å². The number of halogens is 1. The van der Waals surface area contributed by atoms with E-state index < -0.39 is 10.0 Å². The van der Waals surface area contributed by atoms with Crippen molar-refractivity contribution in [1.29, 1.82) is 0 Å². The van der Waals surface area contributed by atoms with Gasteiger partial charge in [-0.1, -0.05) is 6.07 Å². The van der Waals surface area contributed by atoms with E-state index in [1.165, 1.54) is 12.1 Å². The minimum Gasteiger partial charge on any atom is -0.493 e. The van der Waals surface area contributed by atoms with E-state index >= 15 is 0 Å². The van der Waals surface area contributed by atoms with Crippen LogP contribution in [0.15, 0.2) is 53.4 Å². The zero-order valence-corrected chi connectivity index (χ0v) is 18.5. The molecule has 2 heterocycles. The molecule has 0 radical (unpaired) electrons. The maximum absolute atomic E-state index is 13.0. The highest BCUT2D eigenvalue weighted by Gasteiger charge is 2.34. The second-order valence-corrected chi connectivity index (χ2v) is 9.90. The minimum absolute atomic E-state index is 0.0596. The number of aryl methyl sites for hydroxylation is 2. The van der Waals surface area contributed by atoms with Crippen LogP contribution in [-0.2, 0) is 16.4 Å². The number of hydrogen-bond donors (Lipinski definition) is 1. The van der Waals surface area contributed by atoms with Crippen molar-refractivity contribution in [2.24, 2.45) is 0 Å². The van der Waals surface area contributed by atoms with Crippen molar-refractivity contribution in [2.45, 2.75) is 37.5 Å². The summed E-state index contributed by atoms with van der Waals surface area (Å²) < 4.78 is 46.2. The van der Waals surface area contributed by atoms with Gasteiger partial charge in [-0.25, -0.2) is 12.8 Å². The van der Waals surface area contributed by atoms with Crippen LogP contribution in [0.5, 0.6) is 5.75 Å². The second-order valence-electron chi connectivity index (χ2n) is 7.97. The normalized spacial score (nSPS) is 17.2. The van der Waals surface area contributed by atoms with Crippen LogP contribution in [0.4, 0.5) is 4.39 Å². The molecule has 164 valence electrons. The number of nitrogens with one attached hydrogen (secondary N) is 1. The molecule has 2 aromatic carbocycles. The highest BCUT2D eigenvalue weighted by Crippen LogP contribution is 2.31. The lowest BCUT2D eigenvalue weighted by molar-refractivity contribution is 0.320. The van der Waals surface area contributed by atoms with Gasteiger partial charge in [-0.05, 0) is 73.9 Å². The summed E-state index contributed by atoms with van der Waals surface area (Å²) in [6, 6.07) is 13.2. The van der Waals surface area contributed by atoms with Crippen LogP contribution < -0.4 is 4.74 Å². The number of sulfonamides is 1. The van der Waals surface area contributed by atoms with Crippen LogP contribution in [0.3, 0.4) is 0 Å². The largest absolute Gasteiger partial charge is 0.493 e. The molecule has 0 bridgehead atoms. The van der Waals surface area contributed by atoms with Gasteiger partial charge in [0.2, 0.25) is 10.0 Å². The van der Waals surface area contributed by atoms with Crippen molar-refractivity contribution in [2.75, 3.05) is 19.7 Å². The Morgan fingerprint density at radius 2 is 1.90 bits per heavy atom. The lowest BCUT2D eigenvalue weighted by Gasteiger charge is -2.17. The molecule has 0 saturated carbocycles. The molecule has 1 aromatic heterocycles. The molecule has 1 aliphatic heterocycles. The van der Waals surface area contributed by atoms with Gasteiger partial charge in [0.25, 0.3) is 0 Å². The molecule has 3 aromatic rings. The summed E-state index contributed by atoms with van der Waals surface area (Å²) in [5, 5.41) is 7.42. The van der Waals surface area contributed by atoms with Crippen molar-refractivity contribution in [3.63, 3.8) is 0 Å². The molecule has 0 amide bonds. The van der Waals surface area contributed by atoms with Gasteiger partial charge >= 0.3 is 0 Å². The molecule has 6 nitrogen and oxygen atoms in total. The predicted molar refractivity (Wildman–Crippen MR) is 116 cm³/mol. The van der Waals surface area contributed by atoms with Gasteiger partial charge in [-0.3, -0.25) is 5.10 Å². The Bertz CT molecular complexity index is 1160. The molecule has 0 unspecified atom stereocenters. The first kappa shape index (κ1) is 21.5. The first-order valence-electron chi connectivity index (χ1n) is 10.3. The van der Waals surface area contributed by atoms with Gasteiger partial charge in [0, 0.05) is 31.1 Å². The number of nitrogens with zero attached hydrogens (tertiary/aromatic N) is 2. The van der Waals surface area contributed by atoms with Crippen molar-refractivity contribution in [1.82, 2.24) is 14.5 Å². The minimum atomic E-state index is -3.51. The molecular formula is C23H26FN3O3S. The van der Waals surface area contributed by atoms with Gasteiger partial charge < -0.3 is 4.74 Å². The average molecular weight is 444 g/mol. The predicted octanol–water partition coefficient (Wildman–Crippen LogP) is 3.97. The third-order valence-electron chi connectivity index (χ3n) is 5.79. The van der Waals surface area contributed by atoms with Crippen molar-refractivity contribution < 1.29 is 17.5 Å². The Hall–Kier alpha value is -2.71. The molecular weight excluding hydrogens is 417 g/mol. The standard InChI is InChI=1S/C23H26FN3O3S/c1-16-3-8-22(13-17(16)2)31(28,29)27-11-9-18(15-27)23-14-20(25-26-23)10-12-30-21-6-4-19(24)5-7-21/h3-8,13-14,18H,9-12,15H2,1-2H3,(H,25,26)/t18-/m0/s1. The quantitative estimate of drug-likeness (QED) is 0.600. The Kier molecular flexibility index (Phi) is 6.11. The van der Waals surface area contributed by atoms with Gasteiger partial charge in [0.15, 0.2) is 0 Å². The van der Waals surface area contributed by atoms with Gasteiger partial charge in [0.1, 0.15) is 11.6 Å². The van der Waals surface area contributed by atoms with Crippen molar-refractivity contribution >= 4 is 10.0 Å². The molecule has 0 spiro atoms. The lowest BCUT2D eigenvalue weighted by Crippen LogP contribution is -2.28. The Morgan fingerprint density at radius 3 is 2.65 bits per heavy atom. The fourth-order valence-corrected chi connectivity index (χ4v) is 5.32. The Balaban J connectivity index is 1.35. The Labute approximate surface area is 182 Å². The van der Waals surface area contributed by atoms with Crippen LogP contribution in [0.1, 0.15) is 34.9 Å². The van der Waals surface area contributed by atoms with Crippen LogP contribution in [-0.4, -0.2) is 42.6 Å². The van der Waals surface area contributed by atoms with E-state index in [1.807, 2.05) is 26.0 Å². The average Bonchev–Trinajstić information content (AvgIpc) is 3.41. The summed E-state index contributed by atoms with van der Waals surface area (Å²) in [5.74, 6) is 0.379. The summed E-state index contributed by atoms with van der Waals surface area (Å²) in [6.07, 6.45) is 1.36. The number of aromatic nitrogens is 2. The summed E-state index contributed by atoms with van der Waals surface area (Å²) in [7, 11) is -3.51. The molecule has 8 heteroatoms. The summed E-state index contributed by atoms with van der Waals surface area (Å²) in [6.45, 7) is 5.23. The number of hydrogen-bond acceptors (Lipinski definition) is 4. The maximum atomic E-state index is 13.0. The molecule has 1 fully saturated rings. The molecule has 1 saturated heterocycles. The third kappa shape index (κ3) is 4.80. The number of rotatable bonds is 7. The number of H-pyrrole nitrogens is 1. The monoisotopic (exact) mass is 443 g/mol. The first-order valence-corrected chi connectivity index (χ1v) is 11.8. The first-order chi connectivity index (χ1) is 14.8. The van der Waals surface area contributed by atoms with E-state index in [4.69, 9.17) is 4.74 Å². The summed E-state index contributed by atoms with van der Waals surface area (Å²) in [5.41, 5.74) is 3.84. The zero-order valence-electron chi connectivity index (χ0n) is 17.6. The van der Waals surface area contributed by atoms with E-state index in [0.717, 1.165) is 28.9 Å². The molecule has 1 N–H and O–H groups in total. The van der Waals surface area contributed by atoms with Crippen molar-refractivity contribution in [3.05, 3.63) is 76.9 Å². The Morgan fingerprint density at radius 1 is 1.13 bits per heavy atom. The van der Waals surface area contributed by atoms with E-state index in [2.05, 4.69) is 10.2 Å². The molecule has 0 aliphatic carbocycles. The SMILES string of the molecule is Cc1ccc(S(=O)(=O)N2CC[C@H](c3cc(CCOc4ccc(F)cc4)[nH]n3)C2)cc1C. The lowest BCUT2D eigenvalue weighted by atomic mass is 10.0. The van der Waals surface area contributed by atoms with Crippen LogP contribution in [0, 0.1) is 19.7 Å². The second kappa shape index (κ2) is 8.80.